The molecule has 4 nitrogen and oxygen atoms in total. The Labute approximate surface area is 154 Å². The molecule has 2 aromatic rings. The van der Waals surface area contributed by atoms with Gasteiger partial charge in [0.05, 0.1) is 5.56 Å². The highest BCUT2D eigenvalue weighted by atomic mass is 32.1. The van der Waals surface area contributed by atoms with E-state index in [-0.39, 0.29) is 6.79 Å². The summed E-state index contributed by atoms with van der Waals surface area (Å²) in [4.78, 5) is 0. The van der Waals surface area contributed by atoms with Gasteiger partial charge in [0.25, 0.3) is 0 Å². The minimum Gasteiger partial charge on any atom is -0.454 e. The summed E-state index contributed by atoms with van der Waals surface area (Å²) >= 11 is 5.19. The fourth-order valence-corrected chi connectivity index (χ4v) is 2.69. The molecule has 8 heteroatoms. The van der Waals surface area contributed by atoms with E-state index in [9.17, 15) is 13.2 Å². The first kappa shape index (κ1) is 18.3. The lowest BCUT2D eigenvalue weighted by Crippen LogP contribution is -2.35. The summed E-state index contributed by atoms with van der Waals surface area (Å²) in [7, 11) is 0. The highest BCUT2D eigenvalue weighted by Gasteiger charge is 2.30. The van der Waals surface area contributed by atoms with Crippen LogP contribution in [0.25, 0.3) is 0 Å². The van der Waals surface area contributed by atoms with Crippen molar-refractivity contribution in [3.05, 3.63) is 59.2 Å². The molecule has 0 aromatic heterocycles. The summed E-state index contributed by atoms with van der Waals surface area (Å²) < 4.78 is 48.7. The lowest BCUT2D eigenvalue weighted by atomic mass is 10.1. The number of rotatable bonds is 5. The van der Waals surface area contributed by atoms with Gasteiger partial charge in [-0.15, -0.1) is 0 Å². The zero-order chi connectivity index (χ0) is 18.6. The first-order chi connectivity index (χ1) is 12.4. The highest BCUT2D eigenvalue weighted by Crippen LogP contribution is 2.32. The quantitative estimate of drug-likeness (QED) is 0.773. The summed E-state index contributed by atoms with van der Waals surface area (Å²) in [5, 5.41) is 6.49. The number of halogens is 3. The molecule has 0 radical (unpaired) electrons. The third-order valence-corrected chi connectivity index (χ3v) is 4.13. The molecule has 138 valence electrons. The van der Waals surface area contributed by atoms with Crippen LogP contribution in [0, 0.1) is 0 Å². The van der Waals surface area contributed by atoms with Crippen molar-refractivity contribution >= 4 is 17.3 Å². The smallest absolute Gasteiger partial charge is 0.416 e. The normalized spacial score (nSPS) is 12.7. The lowest BCUT2D eigenvalue weighted by molar-refractivity contribution is -0.137. The summed E-state index contributed by atoms with van der Waals surface area (Å²) in [5.41, 5.74) is 0.945. The van der Waals surface area contributed by atoms with E-state index in [1.807, 2.05) is 18.2 Å². The Bertz CT molecular complexity index is 796. The van der Waals surface area contributed by atoms with Crippen LogP contribution in [0.4, 0.5) is 13.2 Å². The first-order valence-corrected chi connectivity index (χ1v) is 8.39. The van der Waals surface area contributed by atoms with E-state index in [1.54, 1.807) is 6.07 Å². The molecule has 0 bridgehead atoms. The molecule has 0 amide bonds. The molecule has 26 heavy (non-hydrogen) atoms. The van der Waals surface area contributed by atoms with E-state index >= 15 is 0 Å². The van der Waals surface area contributed by atoms with E-state index in [0.29, 0.717) is 35.9 Å². The van der Waals surface area contributed by atoms with Crippen LogP contribution in [0.1, 0.15) is 16.7 Å². The second kappa shape index (κ2) is 7.82. The second-order valence-electron chi connectivity index (χ2n) is 5.75. The number of fused-ring (bicyclic) bond motifs is 1. The molecule has 1 aliphatic rings. The maximum Gasteiger partial charge on any atom is 0.416 e. The van der Waals surface area contributed by atoms with Gasteiger partial charge in [0.1, 0.15) is 0 Å². The summed E-state index contributed by atoms with van der Waals surface area (Å²) in [6, 6.07) is 10.9. The SMILES string of the molecule is FC(F)(F)c1cccc(CCNC(=S)NCc2ccc3c(c2)OCO3)c1. The standard InChI is InChI=1S/C18H17F3N2O2S/c19-18(20,21)14-3-1-2-12(8-14)6-7-22-17(26)23-10-13-4-5-15-16(9-13)25-11-24-15/h1-5,8-9H,6-7,10-11H2,(H2,22,23,26). The van der Waals surface area contributed by atoms with Crippen molar-refractivity contribution in [1.29, 1.82) is 0 Å². The minimum atomic E-state index is -4.33. The van der Waals surface area contributed by atoms with Crippen LogP contribution in [0.3, 0.4) is 0 Å². The molecule has 0 unspecified atom stereocenters. The number of thiocarbonyl (C=S) groups is 1. The monoisotopic (exact) mass is 382 g/mol. The molecular weight excluding hydrogens is 365 g/mol. The Balaban J connectivity index is 1.43. The molecule has 0 saturated heterocycles. The van der Waals surface area contributed by atoms with Gasteiger partial charge >= 0.3 is 6.18 Å². The van der Waals surface area contributed by atoms with Gasteiger partial charge < -0.3 is 20.1 Å². The zero-order valence-electron chi connectivity index (χ0n) is 13.7. The fraction of sp³-hybridized carbons (Fsp3) is 0.278. The number of benzene rings is 2. The molecule has 0 atom stereocenters. The van der Waals surface area contributed by atoms with Crippen molar-refractivity contribution in [2.24, 2.45) is 0 Å². The van der Waals surface area contributed by atoms with Crippen LogP contribution in [0.15, 0.2) is 42.5 Å². The van der Waals surface area contributed by atoms with Crippen LogP contribution in [-0.4, -0.2) is 18.5 Å². The Morgan fingerprint density at radius 1 is 1.00 bits per heavy atom. The van der Waals surface area contributed by atoms with Gasteiger partial charge in [-0.1, -0.05) is 24.3 Å². The van der Waals surface area contributed by atoms with E-state index in [4.69, 9.17) is 21.7 Å². The molecule has 1 aliphatic heterocycles. The van der Waals surface area contributed by atoms with Crippen molar-refractivity contribution in [3.8, 4) is 11.5 Å². The maximum atomic E-state index is 12.7. The number of hydrogen-bond donors (Lipinski definition) is 2. The molecule has 2 N–H and O–H groups in total. The van der Waals surface area contributed by atoms with Crippen LogP contribution in [-0.2, 0) is 19.1 Å². The summed E-state index contributed by atoms with van der Waals surface area (Å²) in [6.45, 7) is 1.17. The van der Waals surface area contributed by atoms with Gasteiger partial charge in [-0.2, -0.15) is 13.2 Å². The number of hydrogen-bond acceptors (Lipinski definition) is 3. The van der Waals surface area contributed by atoms with Gasteiger partial charge in [0.2, 0.25) is 6.79 Å². The maximum absolute atomic E-state index is 12.7. The van der Waals surface area contributed by atoms with Crippen molar-refractivity contribution in [2.75, 3.05) is 13.3 Å². The molecule has 1 heterocycles. The Kier molecular flexibility index (Phi) is 5.51. The average Bonchev–Trinajstić information content (AvgIpc) is 3.07. The third-order valence-electron chi connectivity index (χ3n) is 3.84. The summed E-state index contributed by atoms with van der Waals surface area (Å²) in [6.07, 6.45) is -3.89. The van der Waals surface area contributed by atoms with Gasteiger partial charge in [0.15, 0.2) is 16.6 Å². The van der Waals surface area contributed by atoms with Gasteiger partial charge in [-0.05, 0) is 48.0 Å². The van der Waals surface area contributed by atoms with Gasteiger partial charge in [-0.3, -0.25) is 0 Å². The van der Waals surface area contributed by atoms with Crippen molar-refractivity contribution in [1.82, 2.24) is 10.6 Å². The molecule has 0 fully saturated rings. The van der Waals surface area contributed by atoms with Crippen LogP contribution in [0.5, 0.6) is 11.5 Å². The second-order valence-corrected chi connectivity index (χ2v) is 6.15. The lowest BCUT2D eigenvalue weighted by Gasteiger charge is -2.12. The predicted octanol–water partition coefficient (Wildman–Crippen LogP) is 3.64. The molecular formula is C18H17F3N2O2S. The minimum absolute atomic E-state index is 0.224. The van der Waals surface area contributed by atoms with Crippen molar-refractivity contribution in [2.45, 2.75) is 19.1 Å². The third kappa shape index (κ3) is 4.78. The van der Waals surface area contributed by atoms with Crippen LogP contribution >= 0.6 is 12.2 Å². The zero-order valence-corrected chi connectivity index (χ0v) is 14.5. The predicted molar refractivity (Wildman–Crippen MR) is 95.2 cm³/mol. The van der Waals surface area contributed by atoms with E-state index < -0.39 is 11.7 Å². The first-order valence-electron chi connectivity index (χ1n) is 7.98. The van der Waals surface area contributed by atoms with Crippen molar-refractivity contribution < 1.29 is 22.6 Å². The largest absolute Gasteiger partial charge is 0.454 e. The van der Waals surface area contributed by atoms with Crippen LogP contribution in [0.2, 0.25) is 0 Å². The van der Waals surface area contributed by atoms with Gasteiger partial charge in [0, 0.05) is 13.1 Å². The van der Waals surface area contributed by atoms with E-state index in [0.717, 1.165) is 23.4 Å². The van der Waals surface area contributed by atoms with E-state index in [1.165, 1.54) is 6.07 Å². The topological polar surface area (TPSA) is 42.5 Å². The Morgan fingerprint density at radius 3 is 2.62 bits per heavy atom. The highest BCUT2D eigenvalue weighted by molar-refractivity contribution is 7.80. The Morgan fingerprint density at radius 2 is 1.81 bits per heavy atom. The molecule has 0 saturated carbocycles. The Hall–Kier alpha value is -2.48. The molecule has 2 aromatic carbocycles. The van der Waals surface area contributed by atoms with Gasteiger partial charge in [-0.25, -0.2) is 0 Å². The van der Waals surface area contributed by atoms with Crippen LogP contribution < -0.4 is 20.1 Å². The molecule has 0 aliphatic carbocycles. The molecule has 3 rings (SSSR count). The van der Waals surface area contributed by atoms with Crippen molar-refractivity contribution in [3.63, 3.8) is 0 Å². The van der Waals surface area contributed by atoms with E-state index in [2.05, 4.69) is 10.6 Å². The fourth-order valence-electron chi connectivity index (χ4n) is 2.52. The average molecular weight is 382 g/mol. The molecule has 0 spiro atoms. The number of nitrogens with one attached hydrogen (secondary N) is 2. The summed E-state index contributed by atoms with van der Waals surface area (Å²) in [5.74, 6) is 1.42. The number of alkyl halides is 3. The number of ether oxygens (including phenoxy) is 2.